The van der Waals surface area contributed by atoms with Gasteiger partial charge in [0.05, 0.1) is 7.11 Å². The topological polar surface area (TPSA) is 67.9 Å². The number of likely N-dealkylation sites (N-methyl/N-ethyl adjacent to an activating group) is 1. The van der Waals surface area contributed by atoms with Gasteiger partial charge in [0.2, 0.25) is 5.91 Å². The number of amides is 2. The van der Waals surface area contributed by atoms with Gasteiger partial charge in [-0.25, -0.2) is 0 Å². The molecule has 0 spiro atoms. The molecule has 6 nitrogen and oxygen atoms in total. The highest BCUT2D eigenvalue weighted by molar-refractivity contribution is 6.30. The SMILES string of the molecule is CNC(=O)C(C)N(Cc1ccc(OC)cc1)C(=O)COc1ccc(Cl)cc1. The van der Waals surface area contributed by atoms with E-state index in [-0.39, 0.29) is 25.0 Å². The second-order valence-electron chi connectivity index (χ2n) is 5.90. The van der Waals surface area contributed by atoms with Gasteiger partial charge in [-0.1, -0.05) is 23.7 Å². The van der Waals surface area contributed by atoms with Gasteiger partial charge in [-0.15, -0.1) is 0 Å². The molecule has 27 heavy (non-hydrogen) atoms. The Kier molecular flexibility index (Phi) is 7.49. The summed E-state index contributed by atoms with van der Waals surface area (Å²) in [7, 11) is 3.13. The third kappa shape index (κ3) is 5.89. The summed E-state index contributed by atoms with van der Waals surface area (Å²) in [5.41, 5.74) is 0.881. The summed E-state index contributed by atoms with van der Waals surface area (Å²) in [6.07, 6.45) is 0. The van der Waals surface area contributed by atoms with E-state index in [1.165, 1.54) is 4.90 Å². The number of carbonyl (C=O) groups is 2. The maximum absolute atomic E-state index is 12.7. The number of carbonyl (C=O) groups excluding carboxylic acids is 2. The monoisotopic (exact) mass is 390 g/mol. The fourth-order valence-electron chi connectivity index (χ4n) is 2.48. The number of nitrogens with zero attached hydrogens (tertiary/aromatic N) is 1. The number of nitrogens with one attached hydrogen (secondary N) is 1. The van der Waals surface area contributed by atoms with E-state index in [4.69, 9.17) is 21.1 Å². The van der Waals surface area contributed by atoms with E-state index in [1.54, 1.807) is 45.3 Å². The molecule has 2 aromatic rings. The second kappa shape index (κ2) is 9.83. The fourth-order valence-corrected chi connectivity index (χ4v) is 2.60. The third-order valence-corrected chi connectivity index (χ3v) is 4.35. The van der Waals surface area contributed by atoms with E-state index < -0.39 is 6.04 Å². The lowest BCUT2D eigenvalue weighted by atomic mass is 10.1. The van der Waals surface area contributed by atoms with Crippen LogP contribution in [-0.4, -0.2) is 43.5 Å². The lowest BCUT2D eigenvalue weighted by Gasteiger charge is -2.28. The molecule has 0 heterocycles. The highest BCUT2D eigenvalue weighted by atomic mass is 35.5. The molecule has 0 aliphatic rings. The minimum atomic E-state index is -0.640. The highest BCUT2D eigenvalue weighted by Gasteiger charge is 2.25. The smallest absolute Gasteiger partial charge is 0.261 e. The van der Waals surface area contributed by atoms with Crippen LogP contribution in [0.3, 0.4) is 0 Å². The molecule has 2 rings (SSSR count). The standard InChI is InChI=1S/C20H23ClN2O4/c1-14(20(25)22-2)23(12-15-4-8-17(26-3)9-5-15)19(24)13-27-18-10-6-16(21)7-11-18/h4-11,14H,12-13H2,1-3H3,(H,22,25). The molecule has 2 aromatic carbocycles. The maximum atomic E-state index is 12.7. The van der Waals surface area contributed by atoms with Gasteiger partial charge < -0.3 is 19.7 Å². The summed E-state index contributed by atoms with van der Waals surface area (Å²) >= 11 is 5.84. The Hall–Kier alpha value is -2.73. The second-order valence-corrected chi connectivity index (χ2v) is 6.34. The van der Waals surface area contributed by atoms with Crippen molar-refractivity contribution in [3.63, 3.8) is 0 Å². The molecule has 0 saturated carbocycles. The zero-order valence-electron chi connectivity index (χ0n) is 15.6. The van der Waals surface area contributed by atoms with E-state index >= 15 is 0 Å². The van der Waals surface area contributed by atoms with Crippen molar-refractivity contribution < 1.29 is 19.1 Å². The molecule has 1 atom stereocenters. The molecule has 7 heteroatoms. The number of halogens is 1. The van der Waals surface area contributed by atoms with Gasteiger partial charge in [-0.2, -0.15) is 0 Å². The molecule has 1 N–H and O–H groups in total. The van der Waals surface area contributed by atoms with Crippen LogP contribution in [0.2, 0.25) is 5.02 Å². The molecule has 0 aliphatic heterocycles. The first-order valence-corrected chi connectivity index (χ1v) is 8.84. The van der Waals surface area contributed by atoms with Crippen LogP contribution in [0.1, 0.15) is 12.5 Å². The minimum Gasteiger partial charge on any atom is -0.497 e. The number of hydrogen-bond acceptors (Lipinski definition) is 4. The number of hydrogen-bond donors (Lipinski definition) is 1. The number of ether oxygens (including phenoxy) is 2. The first-order chi connectivity index (χ1) is 12.9. The van der Waals surface area contributed by atoms with Crippen LogP contribution in [0, 0.1) is 0 Å². The Morgan fingerprint density at radius 1 is 1.07 bits per heavy atom. The Morgan fingerprint density at radius 2 is 1.67 bits per heavy atom. The van der Waals surface area contributed by atoms with Gasteiger partial charge in [0.1, 0.15) is 17.5 Å². The number of methoxy groups -OCH3 is 1. The fraction of sp³-hybridized carbons (Fsp3) is 0.300. The van der Waals surface area contributed by atoms with Gasteiger partial charge in [0.15, 0.2) is 6.61 Å². The molecule has 0 aromatic heterocycles. The van der Waals surface area contributed by atoms with Gasteiger partial charge in [-0.3, -0.25) is 9.59 Å². The molecule has 0 bridgehead atoms. The normalized spacial score (nSPS) is 11.4. The summed E-state index contributed by atoms with van der Waals surface area (Å²) in [5, 5.41) is 3.16. The minimum absolute atomic E-state index is 0.181. The van der Waals surface area contributed by atoms with Crippen LogP contribution in [0.4, 0.5) is 0 Å². The van der Waals surface area contributed by atoms with Crippen LogP contribution in [0.5, 0.6) is 11.5 Å². The molecule has 0 radical (unpaired) electrons. The number of benzene rings is 2. The molecule has 0 saturated heterocycles. The average Bonchev–Trinajstić information content (AvgIpc) is 2.70. The van der Waals surface area contributed by atoms with Crippen molar-refractivity contribution in [1.82, 2.24) is 10.2 Å². The van der Waals surface area contributed by atoms with Crippen LogP contribution in [0.25, 0.3) is 0 Å². The molecule has 1 unspecified atom stereocenters. The molecular formula is C20H23ClN2O4. The summed E-state index contributed by atoms with van der Waals surface area (Å²) in [6.45, 7) is 1.78. The Labute approximate surface area is 164 Å². The number of rotatable bonds is 8. The highest BCUT2D eigenvalue weighted by Crippen LogP contribution is 2.17. The molecule has 0 fully saturated rings. The quantitative estimate of drug-likeness (QED) is 0.752. The van der Waals surface area contributed by atoms with E-state index in [9.17, 15) is 9.59 Å². The van der Waals surface area contributed by atoms with Gasteiger partial charge in [-0.05, 0) is 48.9 Å². The lowest BCUT2D eigenvalue weighted by Crippen LogP contribution is -2.48. The van der Waals surface area contributed by atoms with E-state index in [0.717, 1.165) is 11.3 Å². The predicted octanol–water partition coefficient (Wildman–Crippen LogP) is 2.89. The van der Waals surface area contributed by atoms with Crippen LogP contribution >= 0.6 is 11.6 Å². The van der Waals surface area contributed by atoms with E-state index in [1.807, 2.05) is 24.3 Å². The maximum Gasteiger partial charge on any atom is 0.261 e. The van der Waals surface area contributed by atoms with Crippen molar-refractivity contribution in [2.24, 2.45) is 0 Å². The molecule has 2 amide bonds. The van der Waals surface area contributed by atoms with Crippen molar-refractivity contribution in [2.45, 2.75) is 19.5 Å². The summed E-state index contributed by atoms with van der Waals surface area (Å²) in [5.74, 6) is 0.715. The van der Waals surface area contributed by atoms with Crippen molar-refractivity contribution in [3.05, 3.63) is 59.1 Å². The van der Waals surface area contributed by atoms with Crippen molar-refractivity contribution >= 4 is 23.4 Å². The van der Waals surface area contributed by atoms with Crippen LogP contribution in [0.15, 0.2) is 48.5 Å². The summed E-state index contributed by atoms with van der Waals surface area (Å²) < 4.78 is 10.7. The molecule has 0 aliphatic carbocycles. The Balaban J connectivity index is 2.10. The Morgan fingerprint density at radius 3 is 2.22 bits per heavy atom. The Bertz CT molecular complexity index is 763. The summed E-state index contributed by atoms with van der Waals surface area (Å²) in [4.78, 5) is 26.3. The molecular weight excluding hydrogens is 368 g/mol. The lowest BCUT2D eigenvalue weighted by molar-refractivity contribution is -0.142. The van der Waals surface area contributed by atoms with Crippen molar-refractivity contribution in [2.75, 3.05) is 20.8 Å². The predicted molar refractivity (Wildman–Crippen MR) is 104 cm³/mol. The first-order valence-electron chi connectivity index (χ1n) is 8.47. The van der Waals surface area contributed by atoms with Crippen molar-refractivity contribution in [3.8, 4) is 11.5 Å². The van der Waals surface area contributed by atoms with E-state index in [2.05, 4.69) is 5.32 Å². The van der Waals surface area contributed by atoms with E-state index in [0.29, 0.717) is 10.8 Å². The van der Waals surface area contributed by atoms with Gasteiger partial charge in [0, 0.05) is 18.6 Å². The zero-order valence-corrected chi connectivity index (χ0v) is 16.3. The van der Waals surface area contributed by atoms with Crippen LogP contribution < -0.4 is 14.8 Å². The molecule has 144 valence electrons. The zero-order chi connectivity index (χ0) is 19.8. The van der Waals surface area contributed by atoms with Crippen molar-refractivity contribution in [1.29, 1.82) is 0 Å². The largest absolute Gasteiger partial charge is 0.497 e. The van der Waals surface area contributed by atoms with Gasteiger partial charge >= 0.3 is 0 Å². The van der Waals surface area contributed by atoms with Crippen LogP contribution in [-0.2, 0) is 16.1 Å². The van der Waals surface area contributed by atoms with Gasteiger partial charge in [0.25, 0.3) is 5.91 Å². The first kappa shape index (κ1) is 20.6. The average molecular weight is 391 g/mol. The summed E-state index contributed by atoms with van der Waals surface area (Å²) in [6, 6.07) is 13.4. The third-order valence-electron chi connectivity index (χ3n) is 4.10.